The van der Waals surface area contributed by atoms with Gasteiger partial charge in [0.15, 0.2) is 0 Å². The highest BCUT2D eigenvalue weighted by molar-refractivity contribution is 5.02. The predicted molar refractivity (Wildman–Crippen MR) is 57.1 cm³/mol. The van der Waals surface area contributed by atoms with Crippen LogP contribution in [0.5, 0.6) is 0 Å². The van der Waals surface area contributed by atoms with Gasteiger partial charge in [-0.25, -0.2) is 0 Å². The van der Waals surface area contributed by atoms with Gasteiger partial charge in [0.2, 0.25) is 0 Å². The molecule has 3 heteroatoms. The van der Waals surface area contributed by atoms with E-state index in [-0.39, 0.29) is 0 Å². The van der Waals surface area contributed by atoms with Crippen LogP contribution in [0.2, 0.25) is 0 Å². The maximum atomic E-state index is 4.42. The van der Waals surface area contributed by atoms with Gasteiger partial charge in [-0.2, -0.15) is 5.10 Å². The maximum Gasteiger partial charge on any atom is 0.0640 e. The van der Waals surface area contributed by atoms with Crippen molar-refractivity contribution < 1.29 is 0 Å². The van der Waals surface area contributed by atoms with Gasteiger partial charge >= 0.3 is 0 Å². The third-order valence-corrected chi connectivity index (χ3v) is 3.13. The van der Waals surface area contributed by atoms with E-state index in [9.17, 15) is 0 Å². The first kappa shape index (κ1) is 9.71. The van der Waals surface area contributed by atoms with Gasteiger partial charge in [-0.05, 0) is 31.4 Å². The molecule has 2 unspecified atom stereocenters. The average Bonchev–Trinajstić information content (AvgIpc) is 2.56. The Morgan fingerprint density at radius 3 is 3.14 bits per heavy atom. The fourth-order valence-corrected chi connectivity index (χ4v) is 2.18. The zero-order valence-electron chi connectivity index (χ0n) is 9.03. The molecule has 0 radical (unpaired) electrons. The monoisotopic (exact) mass is 193 g/mol. The smallest absolute Gasteiger partial charge is 0.0640 e. The van der Waals surface area contributed by atoms with Gasteiger partial charge in [0.05, 0.1) is 5.69 Å². The Bertz CT molecular complexity index is 292. The highest BCUT2D eigenvalue weighted by Crippen LogP contribution is 2.18. The minimum absolute atomic E-state index is 0.624. The summed E-state index contributed by atoms with van der Waals surface area (Å²) in [5, 5.41) is 7.99. The van der Waals surface area contributed by atoms with Crippen molar-refractivity contribution in [3.63, 3.8) is 0 Å². The maximum absolute atomic E-state index is 4.42. The van der Waals surface area contributed by atoms with Gasteiger partial charge in [-0.15, -0.1) is 0 Å². The Morgan fingerprint density at radius 2 is 2.50 bits per heavy atom. The molecule has 0 aliphatic carbocycles. The lowest BCUT2D eigenvalue weighted by atomic mass is 9.90. The van der Waals surface area contributed by atoms with Crippen molar-refractivity contribution in [2.45, 2.75) is 32.2 Å². The molecule has 3 nitrogen and oxygen atoms in total. The molecule has 2 rings (SSSR count). The van der Waals surface area contributed by atoms with Gasteiger partial charge in [0.25, 0.3) is 0 Å². The molecule has 0 aromatic carbocycles. The number of rotatable bonds is 2. The van der Waals surface area contributed by atoms with Gasteiger partial charge in [0.1, 0.15) is 0 Å². The highest BCUT2D eigenvalue weighted by atomic mass is 15.2. The van der Waals surface area contributed by atoms with Crippen LogP contribution >= 0.6 is 0 Å². The van der Waals surface area contributed by atoms with Gasteiger partial charge in [-0.1, -0.05) is 6.92 Å². The molecule has 2 atom stereocenters. The Labute approximate surface area is 85.5 Å². The third kappa shape index (κ3) is 2.15. The Kier molecular flexibility index (Phi) is 2.87. The van der Waals surface area contributed by atoms with E-state index < -0.39 is 0 Å². The zero-order chi connectivity index (χ0) is 9.97. The first-order chi connectivity index (χ1) is 6.75. The minimum atomic E-state index is 0.624. The number of piperidine rings is 1. The lowest BCUT2D eigenvalue weighted by Crippen LogP contribution is -2.41. The van der Waals surface area contributed by atoms with Crippen molar-refractivity contribution in [2.75, 3.05) is 6.54 Å². The molecular weight excluding hydrogens is 174 g/mol. The van der Waals surface area contributed by atoms with Crippen LogP contribution in [0.15, 0.2) is 12.3 Å². The van der Waals surface area contributed by atoms with Gasteiger partial charge < -0.3 is 5.32 Å². The predicted octanol–water partition coefficient (Wildman–Crippen LogP) is 1.35. The lowest BCUT2D eigenvalue weighted by molar-refractivity contribution is 0.296. The van der Waals surface area contributed by atoms with Crippen LogP contribution < -0.4 is 5.32 Å². The summed E-state index contributed by atoms with van der Waals surface area (Å²) in [6.07, 6.45) is 5.76. The van der Waals surface area contributed by atoms with Crippen LogP contribution in [0, 0.1) is 5.92 Å². The Hall–Kier alpha value is -0.830. The molecule has 1 aliphatic heterocycles. The molecule has 1 fully saturated rings. The van der Waals surface area contributed by atoms with Crippen molar-refractivity contribution in [2.24, 2.45) is 13.0 Å². The summed E-state index contributed by atoms with van der Waals surface area (Å²) in [5.41, 5.74) is 1.21. The molecule has 2 heterocycles. The Morgan fingerprint density at radius 1 is 1.64 bits per heavy atom. The molecule has 0 bridgehead atoms. The molecule has 1 aromatic heterocycles. The van der Waals surface area contributed by atoms with Gasteiger partial charge in [0, 0.05) is 25.7 Å². The molecule has 1 aromatic rings. The van der Waals surface area contributed by atoms with Crippen LogP contribution in [0.25, 0.3) is 0 Å². The van der Waals surface area contributed by atoms with Crippen molar-refractivity contribution in [1.82, 2.24) is 15.1 Å². The quantitative estimate of drug-likeness (QED) is 0.768. The molecule has 1 aliphatic rings. The standard InChI is InChI=1S/C11H19N3/c1-9-4-3-6-12-11(9)8-10-5-7-14(2)13-10/h5,7,9,11-12H,3-4,6,8H2,1-2H3. The van der Waals surface area contributed by atoms with Crippen LogP contribution in [0.3, 0.4) is 0 Å². The largest absolute Gasteiger partial charge is 0.313 e. The second-order valence-electron chi connectivity index (χ2n) is 4.36. The van der Waals surface area contributed by atoms with Gasteiger partial charge in [-0.3, -0.25) is 4.68 Å². The van der Waals surface area contributed by atoms with Crippen LogP contribution in [0.4, 0.5) is 0 Å². The molecule has 14 heavy (non-hydrogen) atoms. The molecule has 78 valence electrons. The summed E-state index contributed by atoms with van der Waals surface area (Å²) in [6.45, 7) is 3.50. The van der Waals surface area contributed by atoms with E-state index in [1.165, 1.54) is 25.1 Å². The number of aryl methyl sites for hydroxylation is 1. The normalized spacial score (nSPS) is 27.9. The van der Waals surface area contributed by atoms with E-state index in [2.05, 4.69) is 23.4 Å². The first-order valence-electron chi connectivity index (χ1n) is 5.47. The van der Waals surface area contributed by atoms with E-state index in [0.717, 1.165) is 12.3 Å². The van der Waals surface area contributed by atoms with E-state index in [1.807, 2.05) is 17.9 Å². The van der Waals surface area contributed by atoms with Crippen molar-refractivity contribution in [3.05, 3.63) is 18.0 Å². The number of nitrogens with zero attached hydrogens (tertiary/aromatic N) is 2. The fourth-order valence-electron chi connectivity index (χ4n) is 2.18. The Balaban J connectivity index is 1.95. The van der Waals surface area contributed by atoms with Crippen molar-refractivity contribution >= 4 is 0 Å². The topological polar surface area (TPSA) is 29.9 Å². The second-order valence-corrected chi connectivity index (χ2v) is 4.36. The lowest BCUT2D eigenvalue weighted by Gasteiger charge is -2.29. The fraction of sp³-hybridized carbons (Fsp3) is 0.727. The zero-order valence-corrected chi connectivity index (χ0v) is 9.03. The van der Waals surface area contributed by atoms with Crippen molar-refractivity contribution in [3.8, 4) is 0 Å². The summed E-state index contributed by atoms with van der Waals surface area (Å²) in [4.78, 5) is 0. The molecule has 0 saturated carbocycles. The van der Waals surface area contributed by atoms with E-state index in [0.29, 0.717) is 6.04 Å². The van der Waals surface area contributed by atoms with E-state index >= 15 is 0 Å². The first-order valence-corrected chi connectivity index (χ1v) is 5.47. The number of hydrogen-bond acceptors (Lipinski definition) is 2. The third-order valence-electron chi connectivity index (χ3n) is 3.13. The summed E-state index contributed by atoms with van der Waals surface area (Å²) < 4.78 is 1.88. The van der Waals surface area contributed by atoms with Crippen LogP contribution in [-0.4, -0.2) is 22.4 Å². The number of aromatic nitrogens is 2. The molecule has 1 saturated heterocycles. The summed E-state index contributed by atoms with van der Waals surface area (Å²) in [6, 6.07) is 2.74. The average molecular weight is 193 g/mol. The van der Waals surface area contributed by atoms with E-state index in [1.54, 1.807) is 0 Å². The molecule has 0 amide bonds. The SMILES string of the molecule is CC1CCCNC1Cc1ccn(C)n1. The van der Waals surface area contributed by atoms with Crippen LogP contribution in [0.1, 0.15) is 25.5 Å². The second kappa shape index (κ2) is 4.13. The van der Waals surface area contributed by atoms with E-state index in [4.69, 9.17) is 0 Å². The summed E-state index contributed by atoms with van der Waals surface area (Å²) in [5.74, 6) is 0.783. The number of nitrogens with one attached hydrogen (secondary N) is 1. The highest BCUT2D eigenvalue weighted by Gasteiger charge is 2.21. The molecule has 0 spiro atoms. The van der Waals surface area contributed by atoms with Crippen LogP contribution in [-0.2, 0) is 13.5 Å². The number of hydrogen-bond donors (Lipinski definition) is 1. The van der Waals surface area contributed by atoms with Crippen molar-refractivity contribution in [1.29, 1.82) is 0 Å². The summed E-state index contributed by atoms with van der Waals surface area (Å²) in [7, 11) is 1.97. The summed E-state index contributed by atoms with van der Waals surface area (Å²) >= 11 is 0. The molecular formula is C11H19N3. The molecule has 1 N–H and O–H groups in total. The minimum Gasteiger partial charge on any atom is -0.313 e.